The SMILES string of the molecule is CCOC(=O)C1(Nc2c(F)c(F)nc(Oc3cc(C#N)ccc3OCc3ccccc3)c2F)CC1. The zero-order valence-corrected chi connectivity index (χ0v) is 18.6. The molecule has 1 aliphatic carbocycles. The Bertz CT molecular complexity index is 1290. The third-order valence-corrected chi connectivity index (χ3v) is 5.30. The van der Waals surface area contributed by atoms with Crippen LogP contribution in [-0.2, 0) is 16.1 Å². The van der Waals surface area contributed by atoms with Crippen LogP contribution in [0.2, 0.25) is 0 Å². The second-order valence-electron chi connectivity index (χ2n) is 7.79. The fraction of sp³-hybridized carbons (Fsp3) is 0.240. The minimum atomic E-state index is -1.63. The highest BCUT2D eigenvalue weighted by Crippen LogP contribution is 2.43. The summed E-state index contributed by atoms with van der Waals surface area (Å²) in [5.74, 6) is -6.18. The first kappa shape index (κ1) is 23.9. The fourth-order valence-electron chi connectivity index (χ4n) is 3.30. The van der Waals surface area contributed by atoms with Gasteiger partial charge >= 0.3 is 5.97 Å². The van der Waals surface area contributed by atoms with Crippen LogP contribution in [0.4, 0.5) is 18.9 Å². The number of pyridine rings is 1. The standard InChI is InChI=1S/C25H20F3N3O4/c1-2-33-24(32)25(10-11-25)31-21-19(26)22(28)30-23(20(21)27)35-18-12-16(13-29)8-9-17(18)34-14-15-6-4-3-5-7-15/h3-9,12H,2,10-11,14H2,1H3,(H,30,31). The zero-order chi connectivity index (χ0) is 25.0. The van der Waals surface area contributed by atoms with E-state index in [0.717, 1.165) is 5.56 Å². The first-order chi connectivity index (χ1) is 16.9. The van der Waals surface area contributed by atoms with E-state index in [0.29, 0.717) is 0 Å². The summed E-state index contributed by atoms with van der Waals surface area (Å²) in [5.41, 5.74) is -1.26. The predicted octanol–water partition coefficient (Wildman–Crippen LogP) is 5.25. The molecule has 1 aromatic heterocycles. The van der Waals surface area contributed by atoms with E-state index in [-0.39, 0.29) is 43.1 Å². The van der Waals surface area contributed by atoms with Gasteiger partial charge in [0.15, 0.2) is 11.5 Å². The topological polar surface area (TPSA) is 93.5 Å². The van der Waals surface area contributed by atoms with Crippen molar-refractivity contribution in [1.82, 2.24) is 4.98 Å². The van der Waals surface area contributed by atoms with E-state index in [1.165, 1.54) is 18.2 Å². The van der Waals surface area contributed by atoms with Gasteiger partial charge in [0, 0.05) is 6.07 Å². The number of esters is 1. The van der Waals surface area contributed by atoms with Crippen LogP contribution in [0.25, 0.3) is 0 Å². The van der Waals surface area contributed by atoms with Gasteiger partial charge in [0.25, 0.3) is 11.8 Å². The Kier molecular flexibility index (Phi) is 6.78. The molecule has 3 aromatic rings. The van der Waals surface area contributed by atoms with Crippen LogP contribution in [-0.4, -0.2) is 23.1 Å². The molecule has 7 nitrogen and oxygen atoms in total. The Balaban J connectivity index is 1.65. The number of halogens is 3. The van der Waals surface area contributed by atoms with Crippen molar-refractivity contribution in [3.63, 3.8) is 0 Å². The fourth-order valence-corrected chi connectivity index (χ4v) is 3.30. The number of ether oxygens (including phenoxy) is 3. The molecule has 0 atom stereocenters. The van der Waals surface area contributed by atoms with Gasteiger partial charge in [0.1, 0.15) is 17.8 Å². The quantitative estimate of drug-likeness (QED) is 0.328. The molecule has 0 bridgehead atoms. The van der Waals surface area contributed by atoms with Gasteiger partial charge in [-0.1, -0.05) is 30.3 Å². The summed E-state index contributed by atoms with van der Waals surface area (Å²) in [4.78, 5) is 15.4. The number of carbonyl (C=O) groups excluding carboxylic acids is 1. The van der Waals surface area contributed by atoms with Crippen LogP contribution in [0.15, 0.2) is 48.5 Å². The van der Waals surface area contributed by atoms with E-state index >= 15 is 4.39 Å². The summed E-state index contributed by atoms with van der Waals surface area (Å²) >= 11 is 0. The molecule has 0 unspecified atom stereocenters. The second kappa shape index (κ2) is 9.93. The van der Waals surface area contributed by atoms with Crippen molar-refractivity contribution in [1.29, 1.82) is 5.26 Å². The number of anilines is 1. The number of benzene rings is 2. The molecule has 0 saturated heterocycles. The number of hydrogen-bond donors (Lipinski definition) is 1. The van der Waals surface area contributed by atoms with Crippen LogP contribution < -0.4 is 14.8 Å². The van der Waals surface area contributed by atoms with Crippen molar-refractivity contribution in [3.8, 4) is 23.4 Å². The molecule has 1 saturated carbocycles. The largest absolute Gasteiger partial charge is 0.485 e. The molecule has 35 heavy (non-hydrogen) atoms. The van der Waals surface area contributed by atoms with Crippen molar-refractivity contribution in [2.75, 3.05) is 11.9 Å². The average molecular weight is 483 g/mol. The van der Waals surface area contributed by atoms with E-state index in [4.69, 9.17) is 14.2 Å². The lowest BCUT2D eigenvalue weighted by Crippen LogP contribution is -2.34. The molecule has 0 radical (unpaired) electrons. The van der Waals surface area contributed by atoms with Crippen molar-refractivity contribution in [2.45, 2.75) is 31.9 Å². The van der Waals surface area contributed by atoms with Crippen molar-refractivity contribution < 1.29 is 32.2 Å². The second-order valence-corrected chi connectivity index (χ2v) is 7.79. The molecule has 2 aromatic carbocycles. The van der Waals surface area contributed by atoms with Crippen molar-refractivity contribution in [3.05, 3.63) is 77.2 Å². The number of rotatable bonds is 9. The Labute approximate surface area is 199 Å². The highest BCUT2D eigenvalue weighted by Gasteiger charge is 2.52. The van der Waals surface area contributed by atoms with Gasteiger partial charge < -0.3 is 19.5 Å². The summed E-state index contributed by atoms with van der Waals surface area (Å²) in [6.07, 6.45) is 0.513. The normalized spacial score (nSPS) is 13.5. The molecule has 1 heterocycles. The molecule has 0 amide bonds. The van der Waals surface area contributed by atoms with Gasteiger partial charge in [-0.2, -0.15) is 23.4 Å². The molecule has 1 fully saturated rings. The monoisotopic (exact) mass is 483 g/mol. The Morgan fingerprint density at radius 3 is 2.51 bits per heavy atom. The molecule has 0 aliphatic heterocycles. The molecule has 180 valence electrons. The Hall–Kier alpha value is -4.26. The van der Waals surface area contributed by atoms with Crippen LogP contribution in [0, 0.1) is 28.9 Å². The number of nitrogens with zero attached hydrogens (tertiary/aromatic N) is 2. The molecule has 1 N–H and O–H groups in total. The molecular formula is C25H20F3N3O4. The maximum absolute atomic E-state index is 15.3. The smallest absolute Gasteiger partial charge is 0.331 e. The van der Waals surface area contributed by atoms with E-state index in [1.807, 2.05) is 36.4 Å². The van der Waals surface area contributed by atoms with Crippen LogP contribution >= 0.6 is 0 Å². The highest BCUT2D eigenvalue weighted by molar-refractivity contribution is 5.88. The maximum atomic E-state index is 15.3. The minimum Gasteiger partial charge on any atom is -0.485 e. The molecule has 0 spiro atoms. The molecular weight excluding hydrogens is 463 g/mol. The van der Waals surface area contributed by atoms with E-state index < -0.39 is 40.7 Å². The first-order valence-electron chi connectivity index (χ1n) is 10.8. The summed E-state index contributed by atoms with van der Waals surface area (Å²) in [6, 6.07) is 15.2. The number of hydrogen-bond acceptors (Lipinski definition) is 7. The Morgan fingerprint density at radius 2 is 1.86 bits per heavy atom. The lowest BCUT2D eigenvalue weighted by atomic mass is 10.2. The summed E-state index contributed by atoms with van der Waals surface area (Å²) in [6.45, 7) is 1.80. The van der Waals surface area contributed by atoms with Crippen LogP contribution in [0.5, 0.6) is 17.4 Å². The minimum absolute atomic E-state index is 0.0767. The van der Waals surface area contributed by atoms with Crippen LogP contribution in [0.1, 0.15) is 30.9 Å². The van der Waals surface area contributed by atoms with E-state index in [2.05, 4.69) is 10.3 Å². The first-order valence-corrected chi connectivity index (χ1v) is 10.8. The van der Waals surface area contributed by atoms with Gasteiger partial charge in [-0.05, 0) is 37.5 Å². The average Bonchev–Trinajstić information content (AvgIpc) is 3.66. The third kappa shape index (κ3) is 5.14. The summed E-state index contributed by atoms with van der Waals surface area (Å²) in [5, 5.41) is 11.7. The van der Waals surface area contributed by atoms with Gasteiger partial charge in [0.2, 0.25) is 11.6 Å². The van der Waals surface area contributed by atoms with Gasteiger partial charge in [-0.3, -0.25) is 0 Å². The van der Waals surface area contributed by atoms with E-state index in [1.54, 1.807) is 6.92 Å². The van der Waals surface area contributed by atoms with Crippen molar-refractivity contribution >= 4 is 11.7 Å². The summed E-state index contributed by atoms with van der Waals surface area (Å²) in [7, 11) is 0. The van der Waals surface area contributed by atoms with E-state index in [9.17, 15) is 18.8 Å². The number of nitrogens with one attached hydrogen (secondary N) is 1. The van der Waals surface area contributed by atoms with Gasteiger partial charge in [0.05, 0.1) is 18.2 Å². The highest BCUT2D eigenvalue weighted by atomic mass is 19.2. The van der Waals surface area contributed by atoms with Crippen molar-refractivity contribution in [2.24, 2.45) is 0 Å². The lowest BCUT2D eigenvalue weighted by Gasteiger charge is -2.19. The number of nitriles is 1. The number of aromatic nitrogens is 1. The van der Waals surface area contributed by atoms with Gasteiger partial charge in [-0.15, -0.1) is 0 Å². The summed E-state index contributed by atoms with van der Waals surface area (Å²) < 4.78 is 60.2. The molecule has 1 aliphatic rings. The predicted molar refractivity (Wildman–Crippen MR) is 118 cm³/mol. The lowest BCUT2D eigenvalue weighted by molar-refractivity contribution is -0.145. The maximum Gasteiger partial charge on any atom is 0.331 e. The molecule has 4 rings (SSSR count). The third-order valence-electron chi connectivity index (χ3n) is 5.30. The zero-order valence-electron chi connectivity index (χ0n) is 18.6. The van der Waals surface area contributed by atoms with Gasteiger partial charge in [-0.25, -0.2) is 4.79 Å². The molecule has 10 heteroatoms. The Morgan fingerprint density at radius 1 is 1.11 bits per heavy atom. The number of carbonyl (C=O) groups is 1. The van der Waals surface area contributed by atoms with Crippen LogP contribution in [0.3, 0.4) is 0 Å².